The van der Waals surface area contributed by atoms with Gasteiger partial charge in [0, 0.05) is 43.9 Å². The van der Waals surface area contributed by atoms with Crippen molar-refractivity contribution < 1.29 is 18.6 Å². The smallest absolute Gasteiger partial charge is 0.188 e. The summed E-state index contributed by atoms with van der Waals surface area (Å²) in [5.74, 6) is 1.36. The molecular formula is C24H24FN3O3. The number of hydrogen-bond donors (Lipinski definition) is 0. The molecule has 160 valence electrons. The van der Waals surface area contributed by atoms with Crippen LogP contribution in [0.15, 0.2) is 60.9 Å². The van der Waals surface area contributed by atoms with Crippen molar-refractivity contribution in [2.45, 2.75) is 6.54 Å². The Kier molecular flexibility index (Phi) is 5.34. The van der Waals surface area contributed by atoms with Crippen LogP contribution in [0.2, 0.25) is 0 Å². The molecule has 5 rings (SSSR count). The third-order valence-electron chi connectivity index (χ3n) is 5.74. The van der Waals surface area contributed by atoms with E-state index < -0.39 is 0 Å². The largest absolute Gasteiger partial charge is 0.619 e. The van der Waals surface area contributed by atoms with Crippen LogP contribution in [0.25, 0.3) is 11.1 Å². The van der Waals surface area contributed by atoms with E-state index in [4.69, 9.17) is 9.47 Å². The summed E-state index contributed by atoms with van der Waals surface area (Å²) in [6.45, 7) is 5.35. The average molecular weight is 421 g/mol. The van der Waals surface area contributed by atoms with Crippen LogP contribution in [0.4, 0.5) is 10.1 Å². The number of rotatable bonds is 4. The second kappa shape index (κ2) is 8.43. The molecule has 0 N–H and O–H groups in total. The van der Waals surface area contributed by atoms with Gasteiger partial charge in [0.15, 0.2) is 23.9 Å². The third kappa shape index (κ3) is 4.27. The molecule has 31 heavy (non-hydrogen) atoms. The van der Waals surface area contributed by atoms with Gasteiger partial charge in [0.25, 0.3) is 0 Å². The van der Waals surface area contributed by atoms with E-state index in [9.17, 15) is 9.60 Å². The number of ether oxygens (including phenoxy) is 2. The van der Waals surface area contributed by atoms with Crippen LogP contribution < -0.4 is 19.1 Å². The molecular weight excluding hydrogens is 397 g/mol. The number of pyridine rings is 1. The van der Waals surface area contributed by atoms with Gasteiger partial charge in [-0.15, -0.1) is 0 Å². The molecule has 0 bridgehead atoms. The first-order valence-corrected chi connectivity index (χ1v) is 10.5. The fraction of sp³-hybridized carbons (Fsp3) is 0.292. The van der Waals surface area contributed by atoms with Gasteiger partial charge in [0.2, 0.25) is 0 Å². The van der Waals surface area contributed by atoms with Crippen molar-refractivity contribution in [2.24, 2.45) is 0 Å². The molecule has 0 unspecified atom stereocenters. The third-order valence-corrected chi connectivity index (χ3v) is 5.74. The molecule has 0 aliphatic carbocycles. The lowest BCUT2D eigenvalue weighted by atomic mass is 10.1. The van der Waals surface area contributed by atoms with E-state index >= 15 is 0 Å². The van der Waals surface area contributed by atoms with Crippen molar-refractivity contribution in [2.75, 3.05) is 44.3 Å². The zero-order valence-electron chi connectivity index (χ0n) is 17.2. The van der Waals surface area contributed by atoms with Crippen molar-refractivity contribution in [3.63, 3.8) is 0 Å². The van der Waals surface area contributed by atoms with Crippen LogP contribution in [0.1, 0.15) is 5.56 Å². The number of para-hydroxylation sites is 1. The highest BCUT2D eigenvalue weighted by molar-refractivity contribution is 5.65. The number of nitrogens with zero attached hydrogens (tertiary/aromatic N) is 3. The van der Waals surface area contributed by atoms with Gasteiger partial charge in [-0.25, -0.2) is 4.39 Å². The van der Waals surface area contributed by atoms with E-state index in [1.54, 1.807) is 18.3 Å². The monoisotopic (exact) mass is 421 g/mol. The Morgan fingerprint density at radius 1 is 0.903 bits per heavy atom. The molecule has 1 fully saturated rings. The van der Waals surface area contributed by atoms with Gasteiger partial charge in [-0.1, -0.05) is 18.2 Å². The van der Waals surface area contributed by atoms with Gasteiger partial charge in [-0.3, -0.25) is 4.90 Å². The van der Waals surface area contributed by atoms with Crippen molar-refractivity contribution in [3.05, 3.63) is 77.5 Å². The summed E-state index contributed by atoms with van der Waals surface area (Å²) in [7, 11) is 0. The number of halogens is 1. The molecule has 6 nitrogen and oxygen atoms in total. The fourth-order valence-electron chi connectivity index (χ4n) is 4.21. The van der Waals surface area contributed by atoms with Crippen LogP contribution in [0.3, 0.4) is 0 Å². The molecule has 0 saturated carbocycles. The molecule has 3 heterocycles. The van der Waals surface area contributed by atoms with Gasteiger partial charge >= 0.3 is 0 Å². The summed E-state index contributed by atoms with van der Waals surface area (Å²) in [5.41, 5.74) is 3.64. The predicted octanol–water partition coefficient (Wildman–Crippen LogP) is 3.22. The summed E-state index contributed by atoms with van der Waals surface area (Å²) in [4.78, 5) is 4.67. The topological polar surface area (TPSA) is 51.9 Å². The summed E-state index contributed by atoms with van der Waals surface area (Å²) in [6, 6.07) is 14.2. The van der Waals surface area contributed by atoms with E-state index in [2.05, 4.69) is 15.9 Å². The van der Waals surface area contributed by atoms with Gasteiger partial charge in [0.1, 0.15) is 19.0 Å². The molecule has 1 aromatic heterocycles. The fourth-order valence-corrected chi connectivity index (χ4v) is 4.21. The minimum Gasteiger partial charge on any atom is -0.619 e. The quantitative estimate of drug-likeness (QED) is 0.478. The molecule has 3 aromatic rings. The van der Waals surface area contributed by atoms with E-state index in [1.807, 2.05) is 18.2 Å². The standard InChI is InChI=1S/C24H24FN3O3/c25-21-6-4-19(5-7-21)20-14-18(16-28(29)17-20)15-26-8-10-27(11-9-26)22-2-1-3-23-24(22)31-13-12-30-23/h1-7,14,16-17H,8-13,15H2. The Hall–Kier alpha value is -3.32. The Labute approximate surface area is 180 Å². The van der Waals surface area contributed by atoms with Crippen LogP contribution in [-0.2, 0) is 6.54 Å². The maximum Gasteiger partial charge on any atom is 0.188 e. The van der Waals surface area contributed by atoms with Crippen LogP contribution in [0, 0.1) is 11.0 Å². The van der Waals surface area contributed by atoms with Gasteiger partial charge in [0.05, 0.1) is 5.69 Å². The number of hydrogen-bond acceptors (Lipinski definition) is 5. The first-order valence-electron chi connectivity index (χ1n) is 10.5. The van der Waals surface area contributed by atoms with E-state index in [-0.39, 0.29) is 5.82 Å². The van der Waals surface area contributed by atoms with Crippen LogP contribution in [0.5, 0.6) is 11.5 Å². The van der Waals surface area contributed by atoms with E-state index in [0.29, 0.717) is 19.8 Å². The van der Waals surface area contributed by atoms with Crippen molar-refractivity contribution in [3.8, 4) is 22.6 Å². The number of benzene rings is 2. The van der Waals surface area contributed by atoms with Gasteiger partial charge in [-0.05, 0) is 35.9 Å². The molecule has 7 heteroatoms. The van der Waals surface area contributed by atoms with Crippen molar-refractivity contribution >= 4 is 5.69 Å². The molecule has 0 amide bonds. The molecule has 0 spiro atoms. The van der Waals surface area contributed by atoms with Crippen molar-refractivity contribution in [1.82, 2.24) is 4.90 Å². The Bertz CT molecular complexity index is 1070. The second-order valence-electron chi connectivity index (χ2n) is 7.86. The highest BCUT2D eigenvalue weighted by Crippen LogP contribution is 2.39. The van der Waals surface area contributed by atoms with E-state index in [1.165, 1.54) is 18.3 Å². The number of fused-ring (bicyclic) bond motifs is 1. The zero-order chi connectivity index (χ0) is 21.2. The maximum atomic E-state index is 13.2. The average Bonchev–Trinajstić information content (AvgIpc) is 2.79. The molecule has 0 atom stereocenters. The Morgan fingerprint density at radius 3 is 2.48 bits per heavy atom. The Morgan fingerprint density at radius 2 is 1.68 bits per heavy atom. The minimum absolute atomic E-state index is 0.288. The highest BCUT2D eigenvalue weighted by atomic mass is 19.1. The lowest BCUT2D eigenvalue weighted by Gasteiger charge is -2.37. The number of anilines is 1. The van der Waals surface area contributed by atoms with Gasteiger partial charge in [-0.2, -0.15) is 4.73 Å². The van der Waals surface area contributed by atoms with Crippen molar-refractivity contribution in [1.29, 1.82) is 0 Å². The molecule has 2 aliphatic heterocycles. The first-order chi connectivity index (χ1) is 15.2. The summed E-state index contributed by atoms with van der Waals surface area (Å²) in [6.07, 6.45) is 3.13. The molecule has 2 aliphatic rings. The SMILES string of the molecule is [O-][n+]1cc(CN2CCN(c3cccc4c3OCCO4)CC2)cc(-c2ccc(F)cc2)c1. The van der Waals surface area contributed by atoms with Crippen LogP contribution >= 0.6 is 0 Å². The summed E-state index contributed by atoms with van der Waals surface area (Å²) in [5, 5.41) is 12.2. The first kappa shape index (κ1) is 19.6. The number of aromatic nitrogens is 1. The molecule has 1 saturated heterocycles. The predicted molar refractivity (Wildman–Crippen MR) is 116 cm³/mol. The summed E-state index contributed by atoms with van der Waals surface area (Å²) >= 11 is 0. The lowest BCUT2D eigenvalue weighted by Crippen LogP contribution is -2.46. The van der Waals surface area contributed by atoms with E-state index in [0.717, 1.165) is 64.8 Å². The normalized spacial score (nSPS) is 16.4. The second-order valence-corrected chi connectivity index (χ2v) is 7.86. The highest BCUT2D eigenvalue weighted by Gasteiger charge is 2.24. The minimum atomic E-state index is -0.288. The summed E-state index contributed by atoms with van der Waals surface area (Å²) < 4.78 is 25.6. The van der Waals surface area contributed by atoms with Gasteiger partial charge < -0.3 is 19.6 Å². The molecule has 2 aromatic carbocycles. The Balaban J connectivity index is 1.27. The van der Waals surface area contributed by atoms with Crippen LogP contribution in [-0.4, -0.2) is 44.3 Å². The number of piperazine rings is 1. The zero-order valence-corrected chi connectivity index (χ0v) is 17.2. The maximum absolute atomic E-state index is 13.2. The lowest BCUT2D eigenvalue weighted by molar-refractivity contribution is -0.605. The molecule has 0 radical (unpaired) electrons.